The predicted octanol–water partition coefficient (Wildman–Crippen LogP) is 1.68. The van der Waals surface area contributed by atoms with Gasteiger partial charge in [0.05, 0.1) is 0 Å². The van der Waals surface area contributed by atoms with E-state index in [-0.39, 0.29) is 21.0 Å². The zero-order chi connectivity index (χ0) is 15.6. The van der Waals surface area contributed by atoms with Gasteiger partial charge in [-0.1, -0.05) is 39.9 Å². The van der Waals surface area contributed by atoms with Crippen LogP contribution in [0.4, 0.5) is 0 Å². The van der Waals surface area contributed by atoms with E-state index in [1.807, 2.05) is 13.8 Å². The molecule has 20 heavy (non-hydrogen) atoms. The molecule has 0 spiro atoms. The molecule has 1 rings (SSSR count). The molecule has 0 aliphatic rings. The molecule has 1 aromatic heterocycles. The lowest BCUT2D eigenvalue weighted by atomic mass is 9.81. The Kier molecular flexibility index (Phi) is 5.23. The summed E-state index contributed by atoms with van der Waals surface area (Å²) in [5.74, 6) is 0.342. The third-order valence-corrected chi connectivity index (χ3v) is 5.20. The highest BCUT2D eigenvalue weighted by Crippen LogP contribution is 2.25. The van der Waals surface area contributed by atoms with Crippen LogP contribution in [-0.4, -0.2) is 24.9 Å². The molecule has 0 saturated heterocycles. The number of thiocarbonyl (C=S) groups is 1. The molecule has 0 bridgehead atoms. The Balaban J connectivity index is 3.05. The van der Waals surface area contributed by atoms with Crippen LogP contribution < -0.4 is 10.5 Å². The third kappa shape index (κ3) is 3.97. The van der Waals surface area contributed by atoms with E-state index >= 15 is 0 Å². The Morgan fingerprint density at radius 1 is 1.50 bits per heavy atom. The van der Waals surface area contributed by atoms with Gasteiger partial charge in [-0.2, -0.15) is 0 Å². The van der Waals surface area contributed by atoms with E-state index in [9.17, 15) is 8.42 Å². The van der Waals surface area contributed by atoms with Gasteiger partial charge in [0.25, 0.3) is 0 Å². The SMILES string of the molecule is CC(C)C(C)(C)CNS(=O)(=O)c1cccnc1C(N)=S. The fourth-order valence-corrected chi connectivity index (χ4v) is 2.98. The van der Waals surface area contributed by atoms with Crippen molar-refractivity contribution in [2.75, 3.05) is 6.54 Å². The van der Waals surface area contributed by atoms with Crippen molar-refractivity contribution in [1.29, 1.82) is 0 Å². The maximum absolute atomic E-state index is 12.4. The van der Waals surface area contributed by atoms with Crippen molar-refractivity contribution >= 4 is 27.2 Å². The van der Waals surface area contributed by atoms with Crippen LogP contribution in [-0.2, 0) is 10.0 Å². The molecule has 0 aromatic carbocycles. The first kappa shape index (κ1) is 17.0. The summed E-state index contributed by atoms with van der Waals surface area (Å²) in [5, 5.41) is 0. The highest BCUT2D eigenvalue weighted by molar-refractivity contribution is 7.89. The monoisotopic (exact) mass is 315 g/mol. The number of nitrogens with two attached hydrogens (primary N) is 1. The molecule has 5 nitrogen and oxygen atoms in total. The van der Waals surface area contributed by atoms with Crippen LogP contribution in [0.15, 0.2) is 23.2 Å². The van der Waals surface area contributed by atoms with Crippen molar-refractivity contribution in [2.24, 2.45) is 17.1 Å². The second-order valence-corrected chi connectivity index (χ2v) is 7.86. The van der Waals surface area contributed by atoms with Crippen LogP contribution in [0.2, 0.25) is 0 Å². The minimum atomic E-state index is -3.68. The zero-order valence-electron chi connectivity index (χ0n) is 12.2. The Labute approximate surface area is 126 Å². The zero-order valence-corrected chi connectivity index (χ0v) is 13.8. The number of pyridine rings is 1. The molecule has 1 aromatic rings. The van der Waals surface area contributed by atoms with Crippen LogP contribution in [0, 0.1) is 11.3 Å². The number of nitrogens with one attached hydrogen (secondary N) is 1. The quantitative estimate of drug-likeness (QED) is 0.780. The molecule has 0 aliphatic heterocycles. The van der Waals surface area contributed by atoms with Gasteiger partial charge in [-0.3, -0.25) is 4.98 Å². The summed E-state index contributed by atoms with van der Waals surface area (Å²) >= 11 is 4.84. The minimum Gasteiger partial charge on any atom is -0.388 e. The molecule has 0 unspecified atom stereocenters. The average Bonchev–Trinajstić information content (AvgIpc) is 2.36. The van der Waals surface area contributed by atoms with Gasteiger partial charge in [0, 0.05) is 12.7 Å². The Morgan fingerprint density at radius 2 is 2.10 bits per heavy atom. The molecular formula is C13H21N3O2S2. The average molecular weight is 315 g/mol. The summed E-state index contributed by atoms with van der Waals surface area (Å²) < 4.78 is 27.3. The topological polar surface area (TPSA) is 85.1 Å². The van der Waals surface area contributed by atoms with Crippen molar-refractivity contribution in [3.63, 3.8) is 0 Å². The van der Waals surface area contributed by atoms with Gasteiger partial charge >= 0.3 is 0 Å². The number of hydrogen-bond acceptors (Lipinski definition) is 4. The van der Waals surface area contributed by atoms with Gasteiger partial charge in [-0.25, -0.2) is 13.1 Å². The fourth-order valence-electron chi connectivity index (χ4n) is 1.36. The number of aromatic nitrogens is 1. The lowest BCUT2D eigenvalue weighted by Gasteiger charge is -2.29. The maximum Gasteiger partial charge on any atom is 0.242 e. The molecule has 0 amide bonds. The molecule has 0 fully saturated rings. The standard InChI is InChI=1S/C13H21N3O2S2/c1-9(2)13(3,4)8-16-20(17,18)10-6-5-7-15-11(10)12(14)19/h5-7,9,16H,8H2,1-4H3,(H2,14,19). The molecular weight excluding hydrogens is 294 g/mol. The predicted molar refractivity (Wildman–Crippen MR) is 83.9 cm³/mol. The van der Waals surface area contributed by atoms with Crippen molar-refractivity contribution in [2.45, 2.75) is 32.6 Å². The molecule has 0 saturated carbocycles. The number of nitrogens with zero attached hydrogens (tertiary/aromatic N) is 1. The Hall–Kier alpha value is -1.05. The van der Waals surface area contributed by atoms with Gasteiger partial charge in [-0.15, -0.1) is 0 Å². The van der Waals surface area contributed by atoms with Gasteiger partial charge in [-0.05, 0) is 23.5 Å². The van der Waals surface area contributed by atoms with Gasteiger partial charge in [0.1, 0.15) is 15.6 Å². The summed E-state index contributed by atoms with van der Waals surface area (Å²) in [6, 6.07) is 3.00. The highest BCUT2D eigenvalue weighted by Gasteiger charge is 2.27. The second kappa shape index (κ2) is 6.15. The molecule has 0 aliphatic carbocycles. The molecule has 0 radical (unpaired) electrons. The summed E-state index contributed by atoms with van der Waals surface area (Å²) in [6.07, 6.45) is 1.46. The molecule has 7 heteroatoms. The second-order valence-electron chi connectivity index (χ2n) is 5.68. The number of hydrogen-bond donors (Lipinski definition) is 2. The van der Waals surface area contributed by atoms with E-state index in [4.69, 9.17) is 18.0 Å². The first-order valence-corrected chi connectivity index (χ1v) is 8.21. The van der Waals surface area contributed by atoms with Gasteiger partial charge < -0.3 is 5.73 Å². The lowest BCUT2D eigenvalue weighted by molar-refractivity contribution is 0.252. The Morgan fingerprint density at radius 3 is 2.60 bits per heavy atom. The van der Waals surface area contributed by atoms with Crippen molar-refractivity contribution in [3.8, 4) is 0 Å². The molecule has 3 N–H and O–H groups in total. The van der Waals surface area contributed by atoms with E-state index in [0.29, 0.717) is 12.5 Å². The lowest BCUT2D eigenvalue weighted by Crippen LogP contribution is -2.37. The van der Waals surface area contributed by atoms with Gasteiger partial charge in [0.2, 0.25) is 10.0 Å². The number of sulfonamides is 1. The molecule has 1 heterocycles. The smallest absolute Gasteiger partial charge is 0.242 e. The van der Waals surface area contributed by atoms with Crippen LogP contribution in [0.1, 0.15) is 33.4 Å². The molecule has 112 valence electrons. The first-order valence-electron chi connectivity index (χ1n) is 6.32. The van der Waals surface area contributed by atoms with Crippen molar-refractivity contribution in [1.82, 2.24) is 9.71 Å². The summed E-state index contributed by atoms with van der Waals surface area (Å²) in [7, 11) is -3.68. The highest BCUT2D eigenvalue weighted by atomic mass is 32.2. The molecule has 0 atom stereocenters. The van der Waals surface area contributed by atoms with Gasteiger partial charge in [0.15, 0.2) is 0 Å². The van der Waals surface area contributed by atoms with E-state index in [1.54, 1.807) is 6.07 Å². The van der Waals surface area contributed by atoms with Crippen LogP contribution in [0.5, 0.6) is 0 Å². The van der Waals surface area contributed by atoms with Crippen molar-refractivity contribution in [3.05, 3.63) is 24.0 Å². The largest absolute Gasteiger partial charge is 0.388 e. The van der Waals surface area contributed by atoms with E-state index in [1.165, 1.54) is 12.3 Å². The summed E-state index contributed by atoms with van der Waals surface area (Å²) in [5.41, 5.74) is 5.49. The Bertz CT molecular complexity index is 595. The maximum atomic E-state index is 12.4. The normalized spacial score (nSPS) is 12.7. The first-order chi connectivity index (χ1) is 9.08. The van der Waals surface area contributed by atoms with Crippen LogP contribution in [0.25, 0.3) is 0 Å². The van der Waals surface area contributed by atoms with Crippen molar-refractivity contribution < 1.29 is 8.42 Å². The fraction of sp³-hybridized carbons (Fsp3) is 0.538. The van der Waals surface area contributed by atoms with E-state index < -0.39 is 10.0 Å². The van der Waals surface area contributed by atoms with E-state index in [0.717, 1.165) is 0 Å². The van der Waals surface area contributed by atoms with E-state index in [2.05, 4.69) is 23.6 Å². The summed E-state index contributed by atoms with van der Waals surface area (Å²) in [4.78, 5) is 3.93. The van der Waals surface area contributed by atoms with Crippen LogP contribution in [0.3, 0.4) is 0 Å². The minimum absolute atomic E-state index is 0.0204. The van der Waals surface area contributed by atoms with Crippen LogP contribution >= 0.6 is 12.2 Å². The number of rotatable bonds is 6. The third-order valence-electron chi connectivity index (χ3n) is 3.57. The summed E-state index contributed by atoms with van der Waals surface area (Å²) in [6.45, 7) is 8.46.